The highest BCUT2D eigenvalue weighted by atomic mass is 16.6. The van der Waals surface area contributed by atoms with Crippen LogP contribution in [0.3, 0.4) is 0 Å². The predicted octanol–water partition coefficient (Wildman–Crippen LogP) is 1.72. The number of rotatable bonds is 5. The SMILES string of the molecule is NNc1cc(NCC2CCCOC2)cc([N+](=O)[O-])c1. The molecule has 19 heavy (non-hydrogen) atoms. The van der Waals surface area contributed by atoms with Crippen molar-refractivity contribution < 1.29 is 9.66 Å². The van der Waals surface area contributed by atoms with E-state index in [1.165, 1.54) is 12.1 Å². The Kier molecular flexibility index (Phi) is 4.53. The normalized spacial score (nSPS) is 18.9. The van der Waals surface area contributed by atoms with Crippen LogP contribution in [-0.2, 0) is 4.74 Å². The first-order valence-electron chi connectivity index (χ1n) is 6.27. The van der Waals surface area contributed by atoms with E-state index in [0.717, 1.165) is 32.6 Å². The number of nitro benzene ring substituents is 1. The molecule has 0 spiro atoms. The highest BCUT2D eigenvalue weighted by molar-refractivity contribution is 5.63. The number of hydrazine groups is 1. The Hall–Kier alpha value is -1.86. The highest BCUT2D eigenvalue weighted by Gasteiger charge is 2.14. The molecule has 2 rings (SSSR count). The monoisotopic (exact) mass is 266 g/mol. The number of nitro groups is 1. The van der Waals surface area contributed by atoms with E-state index in [9.17, 15) is 10.1 Å². The number of hydrogen-bond acceptors (Lipinski definition) is 6. The van der Waals surface area contributed by atoms with Gasteiger partial charge in [-0.25, -0.2) is 0 Å². The summed E-state index contributed by atoms with van der Waals surface area (Å²) in [4.78, 5) is 10.4. The lowest BCUT2D eigenvalue weighted by Gasteiger charge is -2.22. The second-order valence-electron chi connectivity index (χ2n) is 4.63. The molecule has 1 saturated heterocycles. The largest absolute Gasteiger partial charge is 0.384 e. The minimum atomic E-state index is -0.435. The molecular weight excluding hydrogens is 248 g/mol. The Morgan fingerprint density at radius 1 is 1.42 bits per heavy atom. The summed E-state index contributed by atoms with van der Waals surface area (Å²) < 4.78 is 5.40. The number of hydrogen-bond donors (Lipinski definition) is 3. The summed E-state index contributed by atoms with van der Waals surface area (Å²) in [6, 6.07) is 4.65. The van der Waals surface area contributed by atoms with Crippen LogP contribution in [0, 0.1) is 16.0 Å². The van der Waals surface area contributed by atoms with E-state index in [-0.39, 0.29) is 5.69 Å². The van der Waals surface area contributed by atoms with Crippen LogP contribution in [0.2, 0.25) is 0 Å². The first-order valence-corrected chi connectivity index (χ1v) is 6.27. The van der Waals surface area contributed by atoms with Gasteiger partial charge >= 0.3 is 0 Å². The molecule has 1 heterocycles. The molecule has 1 aromatic rings. The zero-order valence-corrected chi connectivity index (χ0v) is 10.6. The van der Waals surface area contributed by atoms with Crippen LogP contribution in [0.15, 0.2) is 18.2 Å². The van der Waals surface area contributed by atoms with E-state index in [1.807, 2.05) is 0 Å². The van der Waals surface area contributed by atoms with Crippen molar-refractivity contribution in [2.75, 3.05) is 30.5 Å². The van der Waals surface area contributed by atoms with Gasteiger partial charge in [-0.2, -0.15) is 0 Å². The van der Waals surface area contributed by atoms with Crippen molar-refractivity contribution in [3.8, 4) is 0 Å². The van der Waals surface area contributed by atoms with Gasteiger partial charge < -0.3 is 15.5 Å². The third-order valence-electron chi connectivity index (χ3n) is 3.14. The van der Waals surface area contributed by atoms with Crippen LogP contribution in [0.25, 0.3) is 0 Å². The molecule has 4 N–H and O–H groups in total. The van der Waals surface area contributed by atoms with Gasteiger partial charge in [-0.15, -0.1) is 0 Å². The second-order valence-corrected chi connectivity index (χ2v) is 4.63. The molecular formula is C12H18N4O3. The Morgan fingerprint density at radius 2 is 2.21 bits per heavy atom. The number of ether oxygens (including phenoxy) is 1. The van der Waals surface area contributed by atoms with Crippen molar-refractivity contribution >= 4 is 17.1 Å². The van der Waals surface area contributed by atoms with E-state index < -0.39 is 4.92 Å². The minimum Gasteiger partial charge on any atom is -0.384 e. The van der Waals surface area contributed by atoms with Gasteiger partial charge in [-0.3, -0.25) is 16.0 Å². The predicted molar refractivity (Wildman–Crippen MR) is 72.9 cm³/mol. The smallest absolute Gasteiger partial charge is 0.273 e. The molecule has 1 aliphatic rings. The Labute approximate surface area is 111 Å². The molecule has 0 aromatic heterocycles. The summed E-state index contributed by atoms with van der Waals surface area (Å²) >= 11 is 0. The summed E-state index contributed by atoms with van der Waals surface area (Å²) in [7, 11) is 0. The summed E-state index contributed by atoms with van der Waals surface area (Å²) in [5.41, 5.74) is 3.64. The average Bonchev–Trinajstić information content (AvgIpc) is 2.45. The number of nitrogens with zero attached hydrogens (tertiary/aromatic N) is 1. The summed E-state index contributed by atoms with van der Waals surface area (Å²) in [6.45, 7) is 2.31. The molecule has 7 heteroatoms. The third kappa shape index (κ3) is 3.80. The fourth-order valence-corrected chi connectivity index (χ4v) is 2.13. The Morgan fingerprint density at radius 3 is 2.84 bits per heavy atom. The van der Waals surface area contributed by atoms with Gasteiger partial charge in [-0.05, 0) is 24.8 Å². The molecule has 1 aliphatic heterocycles. The average molecular weight is 266 g/mol. The van der Waals surface area contributed by atoms with Crippen LogP contribution >= 0.6 is 0 Å². The number of nitrogen functional groups attached to an aromatic ring is 1. The lowest BCUT2D eigenvalue weighted by molar-refractivity contribution is -0.384. The van der Waals surface area contributed by atoms with Gasteiger partial charge in [-0.1, -0.05) is 0 Å². The van der Waals surface area contributed by atoms with Crippen molar-refractivity contribution in [2.45, 2.75) is 12.8 Å². The van der Waals surface area contributed by atoms with Crippen LogP contribution in [0.4, 0.5) is 17.1 Å². The Balaban J connectivity index is 2.02. The molecule has 0 amide bonds. The maximum absolute atomic E-state index is 10.8. The molecule has 7 nitrogen and oxygen atoms in total. The first-order chi connectivity index (χ1) is 9.19. The molecule has 104 valence electrons. The van der Waals surface area contributed by atoms with Crippen molar-refractivity contribution in [3.05, 3.63) is 28.3 Å². The van der Waals surface area contributed by atoms with Crippen LogP contribution in [-0.4, -0.2) is 24.7 Å². The standard InChI is InChI=1S/C12H18N4O3/c13-15-11-4-10(5-12(6-11)16(17)18)14-7-9-2-1-3-19-8-9/h4-6,9,14-15H,1-3,7-8,13H2. The van der Waals surface area contributed by atoms with Gasteiger partial charge in [0.25, 0.3) is 5.69 Å². The molecule has 0 radical (unpaired) electrons. The Bertz CT molecular complexity index is 447. The van der Waals surface area contributed by atoms with Crippen LogP contribution in [0.5, 0.6) is 0 Å². The molecule has 0 bridgehead atoms. The minimum absolute atomic E-state index is 0.0119. The van der Waals surface area contributed by atoms with Gasteiger partial charge in [0, 0.05) is 31.0 Å². The van der Waals surface area contributed by atoms with Gasteiger partial charge in [0.05, 0.1) is 17.2 Å². The third-order valence-corrected chi connectivity index (χ3v) is 3.14. The maximum Gasteiger partial charge on any atom is 0.273 e. The number of benzene rings is 1. The molecule has 1 unspecified atom stereocenters. The van der Waals surface area contributed by atoms with E-state index in [1.54, 1.807) is 6.07 Å². The molecule has 0 saturated carbocycles. The fourth-order valence-electron chi connectivity index (χ4n) is 2.13. The summed E-state index contributed by atoms with van der Waals surface area (Å²) in [5, 5.41) is 14.0. The molecule has 1 fully saturated rings. The summed E-state index contributed by atoms with van der Waals surface area (Å²) in [6.07, 6.45) is 2.18. The van der Waals surface area contributed by atoms with E-state index in [2.05, 4.69) is 10.7 Å². The topological polar surface area (TPSA) is 102 Å². The van der Waals surface area contributed by atoms with Crippen molar-refractivity contribution in [3.63, 3.8) is 0 Å². The zero-order chi connectivity index (χ0) is 13.7. The second kappa shape index (κ2) is 6.35. The van der Waals surface area contributed by atoms with Crippen LogP contribution in [0.1, 0.15) is 12.8 Å². The molecule has 1 aromatic carbocycles. The first kappa shape index (κ1) is 13.6. The van der Waals surface area contributed by atoms with E-state index in [4.69, 9.17) is 10.6 Å². The number of nitrogens with two attached hydrogens (primary N) is 1. The fraction of sp³-hybridized carbons (Fsp3) is 0.500. The van der Waals surface area contributed by atoms with Gasteiger partial charge in [0.15, 0.2) is 0 Å². The van der Waals surface area contributed by atoms with E-state index >= 15 is 0 Å². The van der Waals surface area contributed by atoms with Gasteiger partial charge in [0.2, 0.25) is 0 Å². The maximum atomic E-state index is 10.8. The van der Waals surface area contributed by atoms with Crippen molar-refractivity contribution in [1.29, 1.82) is 0 Å². The lowest BCUT2D eigenvalue weighted by Crippen LogP contribution is -2.24. The van der Waals surface area contributed by atoms with Gasteiger partial charge in [0.1, 0.15) is 0 Å². The van der Waals surface area contributed by atoms with E-state index in [0.29, 0.717) is 17.3 Å². The van der Waals surface area contributed by atoms with Crippen LogP contribution < -0.4 is 16.6 Å². The van der Waals surface area contributed by atoms with Crippen molar-refractivity contribution in [1.82, 2.24) is 0 Å². The number of non-ortho nitro benzene ring substituents is 1. The quantitative estimate of drug-likeness (QED) is 0.426. The highest BCUT2D eigenvalue weighted by Crippen LogP contribution is 2.24. The lowest BCUT2D eigenvalue weighted by atomic mass is 10.0. The molecule has 0 aliphatic carbocycles. The summed E-state index contributed by atoms with van der Waals surface area (Å²) in [5.74, 6) is 5.75. The zero-order valence-electron chi connectivity index (χ0n) is 10.6. The number of nitrogens with one attached hydrogen (secondary N) is 2. The molecule has 1 atom stereocenters. The van der Waals surface area contributed by atoms with Crippen molar-refractivity contribution in [2.24, 2.45) is 11.8 Å². The number of anilines is 2.